The lowest BCUT2D eigenvalue weighted by Crippen LogP contribution is -2.15. The molecule has 1 aliphatic rings. The zero-order valence-electron chi connectivity index (χ0n) is 13.5. The maximum absolute atomic E-state index is 12.0. The molecule has 0 atom stereocenters. The van der Waals surface area contributed by atoms with E-state index in [1.165, 1.54) is 29.3 Å². The average Bonchev–Trinajstić information content (AvgIpc) is 3.30. The second kappa shape index (κ2) is 6.98. The van der Waals surface area contributed by atoms with Gasteiger partial charge in [0.15, 0.2) is 5.16 Å². The van der Waals surface area contributed by atoms with Crippen molar-refractivity contribution in [3.8, 4) is 0 Å². The molecule has 0 fully saturated rings. The number of thioether (sulfide) groups is 1. The molecule has 25 heavy (non-hydrogen) atoms. The number of para-hydroxylation sites is 1. The number of aromatic nitrogens is 3. The molecule has 1 aliphatic heterocycles. The number of amides is 1. The topological polar surface area (TPSA) is 73.9 Å². The van der Waals surface area contributed by atoms with E-state index in [1.807, 2.05) is 24.3 Å². The Kier molecular flexibility index (Phi) is 4.39. The van der Waals surface area contributed by atoms with Crippen molar-refractivity contribution in [2.45, 2.75) is 11.6 Å². The Morgan fingerprint density at radius 1 is 1.20 bits per heavy atom. The fourth-order valence-corrected chi connectivity index (χ4v) is 3.50. The Morgan fingerprint density at radius 3 is 2.84 bits per heavy atom. The van der Waals surface area contributed by atoms with Gasteiger partial charge in [0, 0.05) is 23.6 Å². The molecule has 0 radical (unpaired) electrons. The molecule has 2 aromatic carbocycles. The van der Waals surface area contributed by atoms with Gasteiger partial charge >= 0.3 is 0 Å². The Labute approximate surface area is 149 Å². The van der Waals surface area contributed by atoms with Crippen molar-refractivity contribution >= 4 is 34.7 Å². The van der Waals surface area contributed by atoms with E-state index in [2.05, 4.69) is 49.7 Å². The van der Waals surface area contributed by atoms with Crippen LogP contribution in [0.2, 0.25) is 0 Å². The van der Waals surface area contributed by atoms with Crippen LogP contribution in [0.15, 0.2) is 60.0 Å². The molecule has 2 N–H and O–H groups in total. The fraction of sp³-hybridized carbons (Fsp3) is 0.167. The number of rotatable bonds is 5. The first-order valence-electron chi connectivity index (χ1n) is 8.03. The van der Waals surface area contributed by atoms with Crippen molar-refractivity contribution in [3.05, 3.63) is 60.4 Å². The van der Waals surface area contributed by atoms with E-state index in [0.717, 1.165) is 24.3 Å². The van der Waals surface area contributed by atoms with Crippen molar-refractivity contribution in [1.29, 1.82) is 0 Å². The van der Waals surface area contributed by atoms with E-state index in [0.29, 0.717) is 5.16 Å². The maximum Gasteiger partial charge on any atom is 0.234 e. The average molecular weight is 351 g/mol. The third kappa shape index (κ3) is 3.51. The summed E-state index contributed by atoms with van der Waals surface area (Å²) in [5.41, 5.74) is 4.57. The van der Waals surface area contributed by atoms with Gasteiger partial charge in [-0.1, -0.05) is 30.0 Å². The van der Waals surface area contributed by atoms with Gasteiger partial charge < -0.3 is 10.2 Å². The standard InChI is InChI=1S/C18H17N5OS/c24-17(11-25-18-19-12-20-22-18)21-14-5-7-15(8-6-14)23-10-9-13-3-1-2-4-16(13)23/h1-8,12H,9-11H2,(H,21,24)(H,19,20,22). The smallest absolute Gasteiger partial charge is 0.234 e. The van der Waals surface area contributed by atoms with Gasteiger partial charge in [-0.2, -0.15) is 5.10 Å². The number of fused-ring (bicyclic) bond motifs is 1. The van der Waals surface area contributed by atoms with Crippen molar-refractivity contribution in [3.63, 3.8) is 0 Å². The van der Waals surface area contributed by atoms with Crippen LogP contribution >= 0.6 is 11.8 Å². The maximum atomic E-state index is 12.0. The molecule has 0 aliphatic carbocycles. The summed E-state index contributed by atoms with van der Waals surface area (Å²) in [6.45, 7) is 0.985. The lowest BCUT2D eigenvalue weighted by atomic mass is 10.2. The summed E-state index contributed by atoms with van der Waals surface area (Å²) in [6.07, 6.45) is 2.49. The summed E-state index contributed by atoms with van der Waals surface area (Å²) < 4.78 is 0. The molecule has 0 saturated carbocycles. The highest BCUT2D eigenvalue weighted by Crippen LogP contribution is 2.34. The molecule has 4 rings (SSSR count). The van der Waals surface area contributed by atoms with Crippen molar-refractivity contribution in [1.82, 2.24) is 15.2 Å². The van der Waals surface area contributed by atoms with Gasteiger partial charge in [0.05, 0.1) is 5.75 Å². The summed E-state index contributed by atoms with van der Waals surface area (Å²) in [7, 11) is 0. The number of aromatic amines is 1. The molecule has 1 aromatic heterocycles. The molecule has 0 spiro atoms. The Morgan fingerprint density at radius 2 is 2.04 bits per heavy atom. The third-order valence-corrected chi connectivity index (χ3v) is 4.96. The second-order valence-corrected chi connectivity index (χ2v) is 6.67. The summed E-state index contributed by atoms with van der Waals surface area (Å²) in [6, 6.07) is 16.4. The summed E-state index contributed by atoms with van der Waals surface area (Å²) in [5.74, 6) is 0.219. The van der Waals surface area contributed by atoms with Crippen LogP contribution in [0.4, 0.5) is 17.1 Å². The summed E-state index contributed by atoms with van der Waals surface area (Å²) >= 11 is 1.32. The largest absolute Gasteiger partial charge is 0.341 e. The van der Waals surface area contributed by atoms with Crippen molar-refractivity contribution < 1.29 is 4.79 Å². The molecule has 2 heterocycles. The second-order valence-electron chi connectivity index (χ2n) is 5.70. The molecule has 0 bridgehead atoms. The van der Waals surface area contributed by atoms with Crippen LogP contribution in [-0.2, 0) is 11.2 Å². The van der Waals surface area contributed by atoms with Gasteiger partial charge in [0.25, 0.3) is 0 Å². The highest BCUT2D eigenvalue weighted by molar-refractivity contribution is 7.99. The van der Waals surface area contributed by atoms with Crippen LogP contribution in [0.3, 0.4) is 0 Å². The van der Waals surface area contributed by atoms with Gasteiger partial charge in [-0.3, -0.25) is 9.89 Å². The first kappa shape index (κ1) is 15.7. The number of nitrogens with zero attached hydrogens (tertiary/aromatic N) is 3. The Balaban J connectivity index is 1.38. The number of anilines is 3. The highest BCUT2D eigenvalue weighted by Gasteiger charge is 2.19. The SMILES string of the molecule is O=C(CSc1ncn[nH]1)Nc1ccc(N2CCc3ccccc32)cc1. The zero-order valence-corrected chi connectivity index (χ0v) is 14.3. The molecular weight excluding hydrogens is 334 g/mol. The molecule has 7 heteroatoms. The number of carbonyl (C=O) groups is 1. The number of carbonyl (C=O) groups excluding carboxylic acids is 1. The van der Waals surface area contributed by atoms with Gasteiger partial charge in [-0.05, 0) is 42.3 Å². The predicted octanol–water partition coefficient (Wildman–Crippen LogP) is 3.23. The van der Waals surface area contributed by atoms with E-state index in [9.17, 15) is 4.79 Å². The molecule has 3 aromatic rings. The van der Waals surface area contributed by atoms with E-state index in [1.54, 1.807) is 0 Å². The zero-order chi connectivity index (χ0) is 17.1. The van der Waals surface area contributed by atoms with Gasteiger partial charge in [-0.25, -0.2) is 4.98 Å². The van der Waals surface area contributed by atoms with Crippen LogP contribution in [0, 0.1) is 0 Å². The third-order valence-electron chi connectivity index (χ3n) is 4.08. The number of benzene rings is 2. The molecule has 6 nitrogen and oxygen atoms in total. The van der Waals surface area contributed by atoms with Gasteiger partial charge in [0.1, 0.15) is 6.33 Å². The van der Waals surface area contributed by atoms with Crippen LogP contribution < -0.4 is 10.2 Å². The van der Waals surface area contributed by atoms with E-state index >= 15 is 0 Å². The fourth-order valence-electron chi connectivity index (χ4n) is 2.93. The van der Waals surface area contributed by atoms with Crippen molar-refractivity contribution in [2.75, 3.05) is 22.5 Å². The monoisotopic (exact) mass is 351 g/mol. The first-order valence-corrected chi connectivity index (χ1v) is 9.02. The lowest BCUT2D eigenvalue weighted by molar-refractivity contribution is -0.113. The first-order chi connectivity index (χ1) is 12.3. The van der Waals surface area contributed by atoms with E-state index in [4.69, 9.17) is 0 Å². The number of hydrogen-bond acceptors (Lipinski definition) is 5. The molecule has 1 amide bonds. The summed E-state index contributed by atoms with van der Waals surface area (Å²) in [5, 5.41) is 10.0. The minimum atomic E-state index is -0.0688. The number of H-pyrrole nitrogens is 1. The van der Waals surface area contributed by atoms with E-state index in [-0.39, 0.29) is 11.7 Å². The van der Waals surface area contributed by atoms with Gasteiger partial charge in [-0.15, -0.1) is 0 Å². The summed E-state index contributed by atoms with van der Waals surface area (Å²) in [4.78, 5) is 18.3. The normalized spacial score (nSPS) is 12.9. The Bertz CT molecular complexity index is 863. The number of hydrogen-bond donors (Lipinski definition) is 2. The van der Waals surface area contributed by atoms with Crippen LogP contribution in [-0.4, -0.2) is 33.4 Å². The van der Waals surface area contributed by atoms with E-state index < -0.39 is 0 Å². The van der Waals surface area contributed by atoms with Crippen LogP contribution in [0.5, 0.6) is 0 Å². The quantitative estimate of drug-likeness (QED) is 0.691. The molecule has 126 valence electrons. The lowest BCUT2D eigenvalue weighted by Gasteiger charge is -2.20. The van der Waals surface area contributed by atoms with Crippen LogP contribution in [0.25, 0.3) is 0 Å². The van der Waals surface area contributed by atoms with Crippen LogP contribution in [0.1, 0.15) is 5.56 Å². The highest BCUT2D eigenvalue weighted by atomic mass is 32.2. The van der Waals surface area contributed by atoms with Gasteiger partial charge in [0.2, 0.25) is 5.91 Å². The van der Waals surface area contributed by atoms with Crippen molar-refractivity contribution in [2.24, 2.45) is 0 Å². The minimum absolute atomic E-state index is 0.0688. The number of nitrogens with one attached hydrogen (secondary N) is 2. The Hall–Kier alpha value is -2.80. The molecular formula is C18H17N5OS. The minimum Gasteiger partial charge on any atom is -0.341 e. The molecule has 0 saturated heterocycles. The molecule has 0 unspecified atom stereocenters. The predicted molar refractivity (Wildman–Crippen MR) is 99.3 cm³/mol.